The maximum atomic E-state index is 12.1. The van der Waals surface area contributed by atoms with Gasteiger partial charge in [-0.1, -0.05) is 13.8 Å². The normalized spacial score (nSPS) is 22.4. The maximum absolute atomic E-state index is 12.1. The van der Waals surface area contributed by atoms with Gasteiger partial charge in [-0.2, -0.15) is 5.10 Å². The van der Waals surface area contributed by atoms with E-state index in [2.05, 4.69) is 29.6 Å². The average Bonchev–Trinajstić information content (AvgIpc) is 2.76. The average molecular weight is 303 g/mol. The van der Waals surface area contributed by atoms with Gasteiger partial charge in [-0.3, -0.25) is 9.48 Å². The first-order chi connectivity index (χ1) is 9.06. The molecule has 0 bridgehead atoms. The Morgan fingerprint density at radius 2 is 2.40 bits per heavy atom. The molecule has 2 atom stereocenters. The van der Waals surface area contributed by atoms with Crippen LogP contribution in [-0.4, -0.2) is 41.0 Å². The van der Waals surface area contributed by atoms with Gasteiger partial charge in [0.25, 0.3) is 0 Å². The third-order valence-corrected chi connectivity index (χ3v) is 3.05. The van der Waals surface area contributed by atoms with Crippen LogP contribution in [-0.2, 0) is 16.1 Å². The zero-order valence-corrected chi connectivity index (χ0v) is 12.9. The molecule has 7 heteroatoms. The van der Waals surface area contributed by atoms with Gasteiger partial charge in [0.2, 0.25) is 5.91 Å². The molecule has 0 aliphatic carbocycles. The lowest BCUT2D eigenvalue weighted by Crippen LogP contribution is -2.53. The van der Waals surface area contributed by atoms with Crippen molar-refractivity contribution in [2.24, 2.45) is 5.92 Å². The van der Waals surface area contributed by atoms with E-state index in [1.165, 1.54) is 0 Å². The molecule has 1 saturated heterocycles. The van der Waals surface area contributed by atoms with Crippen molar-refractivity contribution in [2.75, 3.05) is 18.5 Å². The summed E-state index contributed by atoms with van der Waals surface area (Å²) in [5.74, 6) is 0.452. The van der Waals surface area contributed by atoms with Crippen molar-refractivity contribution in [1.29, 1.82) is 0 Å². The van der Waals surface area contributed by atoms with E-state index in [0.29, 0.717) is 19.1 Å². The van der Waals surface area contributed by atoms with E-state index in [4.69, 9.17) is 4.74 Å². The van der Waals surface area contributed by atoms with Gasteiger partial charge in [-0.15, -0.1) is 12.4 Å². The lowest BCUT2D eigenvalue weighted by molar-refractivity contribution is -0.123. The molecule has 1 aliphatic rings. The standard InChI is InChI=1S/C13H22N4O2.ClH/c1-9(2)7-17-8-11(6-15-17)16-13(18)12-10(3)19-5-4-14-12;/h6,8-10,12,14H,4-5,7H2,1-3H3,(H,16,18);1H/t10-,12+;/m1./s1. The Hall–Kier alpha value is -1.11. The lowest BCUT2D eigenvalue weighted by atomic mass is 10.1. The van der Waals surface area contributed by atoms with E-state index in [-0.39, 0.29) is 30.5 Å². The van der Waals surface area contributed by atoms with Crippen LogP contribution in [0.2, 0.25) is 0 Å². The zero-order valence-electron chi connectivity index (χ0n) is 12.1. The summed E-state index contributed by atoms with van der Waals surface area (Å²) in [6.07, 6.45) is 3.42. The number of aromatic nitrogens is 2. The SMILES string of the molecule is CC(C)Cn1cc(NC(=O)[C@H]2NCCO[C@@H]2C)cn1.Cl. The summed E-state index contributed by atoms with van der Waals surface area (Å²) in [6, 6.07) is -0.304. The molecule has 1 aromatic rings. The van der Waals surface area contributed by atoms with Gasteiger partial charge in [0.15, 0.2) is 0 Å². The van der Waals surface area contributed by atoms with Crippen LogP contribution in [0, 0.1) is 5.92 Å². The molecule has 114 valence electrons. The predicted octanol–water partition coefficient (Wildman–Crippen LogP) is 1.28. The molecule has 0 unspecified atom stereocenters. The molecule has 0 aromatic carbocycles. The Balaban J connectivity index is 0.00000200. The molecule has 2 rings (SSSR count). The maximum Gasteiger partial charge on any atom is 0.244 e. The first kappa shape index (κ1) is 16.9. The number of morpholine rings is 1. The van der Waals surface area contributed by atoms with E-state index in [0.717, 1.165) is 12.2 Å². The third kappa shape index (κ3) is 4.47. The molecule has 1 fully saturated rings. The van der Waals surface area contributed by atoms with Gasteiger partial charge in [-0.05, 0) is 12.8 Å². The van der Waals surface area contributed by atoms with Crippen molar-refractivity contribution in [3.05, 3.63) is 12.4 Å². The number of amides is 1. The molecule has 20 heavy (non-hydrogen) atoms. The van der Waals surface area contributed by atoms with Gasteiger partial charge >= 0.3 is 0 Å². The van der Waals surface area contributed by atoms with Crippen LogP contribution in [0.3, 0.4) is 0 Å². The number of hydrogen-bond donors (Lipinski definition) is 2. The molecular formula is C13H23ClN4O2. The van der Waals surface area contributed by atoms with Crippen LogP contribution in [0.25, 0.3) is 0 Å². The third-order valence-electron chi connectivity index (χ3n) is 3.05. The van der Waals surface area contributed by atoms with Crippen LogP contribution >= 0.6 is 12.4 Å². The second-order valence-corrected chi connectivity index (χ2v) is 5.34. The van der Waals surface area contributed by atoms with Crippen molar-refractivity contribution in [3.63, 3.8) is 0 Å². The second kappa shape index (κ2) is 7.61. The van der Waals surface area contributed by atoms with E-state index in [1.807, 2.05) is 17.8 Å². The molecule has 1 amide bonds. The highest BCUT2D eigenvalue weighted by molar-refractivity contribution is 5.95. The van der Waals surface area contributed by atoms with E-state index in [9.17, 15) is 4.79 Å². The summed E-state index contributed by atoms with van der Waals surface area (Å²) < 4.78 is 7.30. The Labute approximate surface area is 125 Å². The number of nitrogens with one attached hydrogen (secondary N) is 2. The van der Waals surface area contributed by atoms with Crippen LogP contribution < -0.4 is 10.6 Å². The highest BCUT2D eigenvalue weighted by atomic mass is 35.5. The summed E-state index contributed by atoms with van der Waals surface area (Å²) in [7, 11) is 0. The second-order valence-electron chi connectivity index (χ2n) is 5.34. The molecule has 1 aromatic heterocycles. The summed E-state index contributed by atoms with van der Waals surface area (Å²) in [6.45, 7) is 8.36. The summed E-state index contributed by atoms with van der Waals surface area (Å²) in [4.78, 5) is 12.1. The van der Waals surface area contributed by atoms with Crippen LogP contribution in [0.5, 0.6) is 0 Å². The number of carbonyl (C=O) groups excluding carboxylic acids is 1. The lowest BCUT2D eigenvalue weighted by Gasteiger charge is -2.29. The molecule has 0 saturated carbocycles. The number of anilines is 1. The topological polar surface area (TPSA) is 68.2 Å². The minimum Gasteiger partial charge on any atom is -0.375 e. The molecule has 1 aliphatic heterocycles. The monoisotopic (exact) mass is 302 g/mol. The van der Waals surface area contributed by atoms with Crippen LogP contribution in [0.15, 0.2) is 12.4 Å². The fourth-order valence-electron chi connectivity index (χ4n) is 2.15. The Bertz CT molecular complexity index is 436. The van der Waals surface area contributed by atoms with Crippen molar-refractivity contribution in [1.82, 2.24) is 15.1 Å². The van der Waals surface area contributed by atoms with Gasteiger partial charge in [0, 0.05) is 19.3 Å². The molecular weight excluding hydrogens is 280 g/mol. The Morgan fingerprint density at radius 3 is 3.05 bits per heavy atom. The first-order valence-corrected chi connectivity index (χ1v) is 6.74. The first-order valence-electron chi connectivity index (χ1n) is 6.74. The molecule has 2 heterocycles. The quantitative estimate of drug-likeness (QED) is 0.879. The smallest absolute Gasteiger partial charge is 0.244 e. The molecule has 6 nitrogen and oxygen atoms in total. The van der Waals surface area contributed by atoms with Crippen molar-refractivity contribution < 1.29 is 9.53 Å². The minimum atomic E-state index is -0.304. The van der Waals surface area contributed by atoms with Gasteiger partial charge < -0.3 is 15.4 Å². The summed E-state index contributed by atoms with van der Waals surface area (Å²) >= 11 is 0. The number of carbonyl (C=O) groups is 1. The Kier molecular flexibility index (Phi) is 6.45. The number of ether oxygens (including phenoxy) is 1. The number of hydrogen-bond acceptors (Lipinski definition) is 4. The minimum absolute atomic E-state index is 0. The van der Waals surface area contributed by atoms with Crippen LogP contribution in [0.4, 0.5) is 5.69 Å². The van der Waals surface area contributed by atoms with Crippen molar-refractivity contribution >= 4 is 24.0 Å². The number of rotatable bonds is 4. The van der Waals surface area contributed by atoms with Crippen molar-refractivity contribution in [3.8, 4) is 0 Å². The fourth-order valence-corrected chi connectivity index (χ4v) is 2.15. The highest BCUT2D eigenvalue weighted by Crippen LogP contribution is 2.10. The van der Waals surface area contributed by atoms with Gasteiger partial charge in [0.05, 0.1) is 24.6 Å². The van der Waals surface area contributed by atoms with E-state index < -0.39 is 0 Å². The summed E-state index contributed by atoms with van der Waals surface area (Å²) in [5.41, 5.74) is 0.727. The fraction of sp³-hybridized carbons (Fsp3) is 0.692. The zero-order chi connectivity index (χ0) is 13.8. The number of halogens is 1. The highest BCUT2D eigenvalue weighted by Gasteiger charge is 2.28. The molecule has 2 N–H and O–H groups in total. The predicted molar refractivity (Wildman–Crippen MR) is 80.1 cm³/mol. The van der Waals surface area contributed by atoms with E-state index in [1.54, 1.807) is 6.20 Å². The van der Waals surface area contributed by atoms with Gasteiger partial charge in [-0.25, -0.2) is 0 Å². The largest absolute Gasteiger partial charge is 0.375 e. The molecule has 0 spiro atoms. The van der Waals surface area contributed by atoms with Crippen molar-refractivity contribution in [2.45, 2.75) is 39.5 Å². The van der Waals surface area contributed by atoms with Crippen LogP contribution in [0.1, 0.15) is 20.8 Å². The Morgan fingerprint density at radius 1 is 1.65 bits per heavy atom. The molecule has 0 radical (unpaired) electrons. The number of nitrogens with zero attached hydrogens (tertiary/aromatic N) is 2. The van der Waals surface area contributed by atoms with E-state index >= 15 is 0 Å². The van der Waals surface area contributed by atoms with Gasteiger partial charge in [0.1, 0.15) is 6.04 Å². The summed E-state index contributed by atoms with van der Waals surface area (Å²) in [5, 5.41) is 10.3.